The summed E-state index contributed by atoms with van der Waals surface area (Å²) in [4.78, 5) is 19.7. The minimum Gasteiger partial charge on any atom is -0.380 e. The number of nitrogens with one attached hydrogen (secondary N) is 2. The van der Waals surface area contributed by atoms with E-state index < -0.39 is 0 Å². The van der Waals surface area contributed by atoms with Crippen LogP contribution in [-0.4, -0.2) is 41.7 Å². The van der Waals surface area contributed by atoms with E-state index in [1.54, 1.807) is 19.4 Å². The van der Waals surface area contributed by atoms with Gasteiger partial charge in [-0.05, 0) is 12.5 Å². The van der Waals surface area contributed by atoms with Gasteiger partial charge in [-0.3, -0.25) is 4.79 Å². The molecular formula is C11H16N4O2. The van der Waals surface area contributed by atoms with E-state index in [1.165, 1.54) is 6.33 Å². The third kappa shape index (κ3) is 3.21. The zero-order valence-electron chi connectivity index (χ0n) is 9.72. The number of ether oxygens (including phenoxy) is 1. The first-order chi connectivity index (χ1) is 8.29. The lowest BCUT2D eigenvalue weighted by molar-refractivity contribution is -0.123. The predicted octanol–water partition coefficient (Wildman–Crippen LogP) is -0.530. The van der Waals surface area contributed by atoms with Gasteiger partial charge in [-0.1, -0.05) is 0 Å². The third-order valence-corrected chi connectivity index (χ3v) is 2.83. The normalized spacial score (nSPS) is 23.6. The molecule has 2 rings (SSSR count). The lowest BCUT2D eigenvalue weighted by atomic mass is 10.2. The number of carbonyl (C=O) groups excluding carboxylic acids is 1. The van der Waals surface area contributed by atoms with Crippen LogP contribution in [0, 0.1) is 0 Å². The monoisotopic (exact) mass is 236 g/mol. The number of hydrogen-bond donors (Lipinski definition) is 2. The Kier molecular flexibility index (Phi) is 4.00. The molecule has 0 radical (unpaired) electrons. The molecule has 6 nitrogen and oxygen atoms in total. The Bertz CT molecular complexity index is 371. The molecule has 6 heteroatoms. The molecule has 17 heavy (non-hydrogen) atoms. The number of hydrogen-bond acceptors (Lipinski definition) is 5. The van der Waals surface area contributed by atoms with Crippen LogP contribution < -0.4 is 10.6 Å². The molecule has 2 N–H and O–H groups in total. The molecule has 2 heterocycles. The minimum absolute atomic E-state index is 0.0110. The molecule has 1 amide bonds. The molecule has 92 valence electrons. The minimum atomic E-state index is -0.165. The first-order valence-corrected chi connectivity index (χ1v) is 5.58. The van der Waals surface area contributed by atoms with E-state index >= 15 is 0 Å². The summed E-state index contributed by atoms with van der Waals surface area (Å²) in [6.45, 7) is 1.15. The summed E-state index contributed by atoms with van der Waals surface area (Å²) in [5.41, 5.74) is 0.801. The highest BCUT2D eigenvalue weighted by atomic mass is 16.5. The van der Waals surface area contributed by atoms with Gasteiger partial charge in [0.2, 0.25) is 5.91 Å². The second-order valence-corrected chi connectivity index (χ2v) is 3.97. The number of nitrogens with zero attached hydrogens (tertiary/aromatic N) is 2. The molecule has 1 aromatic heterocycles. The van der Waals surface area contributed by atoms with Crippen LogP contribution in [-0.2, 0) is 16.1 Å². The maximum absolute atomic E-state index is 11.8. The highest BCUT2D eigenvalue weighted by Crippen LogP contribution is 2.09. The van der Waals surface area contributed by atoms with Crippen LogP contribution in [0.5, 0.6) is 0 Å². The number of amides is 1. The Morgan fingerprint density at radius 3 is 3.24 bits per heavy atom. The quantitative estimate of drug-likeness (QED) is 0.735. The number of methoxy groups -OCH3 is 1. The van der Waals surface area contributed by atoms with Crippen LogP contribution in [0.2, 0.25) is 0 Å². The topological polar surface area (TPSA) is 76.1 Å². The first kappa shape index (κ1) is 11.9. The van der Waals surface area contributed by atoms with Crippen molar-refractivity contribution in [1.29, 1.82) is 0 Å². The summed E-state index contributed by atoms with van der Waals surface area (Å²) in [6.07, 6.45) is 3.97. The lowest BCUT2D eigenvalue weighted by Gasteiger charge is -2.10. The number of rotatable bonds is 4. The largest absolute Gasteiger partial charge is 0.380 e. The average Bonchev–Trinajstić information content (AvgIpc) is 2.86. The van der Waals surface area contributed by atoms with Crippen LogP contribution in [0.4, 0.5) is 0 Å². The summed E-state index contributed by atoms with van der Waals surface area (Å²) in [7, 11) is 1.66. The fourth-order valence-electron chi connectivity index (χ4n) is 1.81. The molecule has 2 unspecified atom stereocenters. The average molecular weight is 236 g/mol. The van der Waals surface area contributed by atoms with Crippen molar-refractivity contribution in [2.75, 3.05) is 13.7 Å². The maximum atomic E-state index is 11.8. The van der Waals surface area contributed by atoms with Gasteiger partial charge in [0.25, 0.3) is 0 Å². The Morgan fingerprint density at radius 1 is 1.71 bits per heavy atom. The summed E-state index contributed by atoms with van der Waals surface area (Å²) < 4.78 is 5.19. The fourth-order valence-corrected chi connectivity index (χ4v) is 1.81. The molecule has 0 aromatic carbocycles. The first-order valence-electron chi connectivity index (χ1n) is 5.58. The molecule has 2 atom stereocenters. The van der Waals surface area contributed by atoms with Gasteiger partial charge in [-0.25, -0.2) is 9.97 Å². The lowest BCUT2D eigenvalue weighted by Crippen LogP contribution is -2.40. The molecule has 1 aromatic rings. The van der Waals surface area contributed by atoms with Gasteiger partial charge in [0, 0.05) is 19.9 Å². The van der Waals surface area contributed by atoms with Crippen molar-refractivity contribution < 1.29 is 9.53 Å². The van der Waals surface area contributed by atoms with Gasteiger partial charge in [0.1, 0.15) is 6.33 Å². The molecule has 0 bridgehead atoms. The predicted molar refractivity (Wildman–Crippen MR) is 61.1 cm³/mol. The number of aromatic nitrogens is 2. The van der Waals surface area contributed by atoms with Crippen molar-refractivity contribution in [3.05, 3.63) is 24.3 Å². The van der Waals surface area contributed by atoms with Crippen molar-refractivity contribution in [1.82, 2.24) is 20.6 Å². The molecule has 0 aliphatic carbocycles. The SMILES string of the molecule is COC1CNC(C(=O)NCc2ccncn2)C1. The summed E-state index contributed by atoms with van der Waals surface area (Å²) in [6, 6.07) is 1.61. The van der Waals surface area contributed by atoms with Gasteiger partial charge in [-0.2, -0.15) is 0 Å². The molecule has 0 saturated carbocycles. The van der Waals surface area contributed by atoms with E-state index in [2.05, 4.69) is 20.6 Å². The smallest absolute Gasteiger partial charge is 0.237 e. The second kappa shape index (κ2) is 5.70. The van der Waals surface area contributed by atoms with Crippen LogP contribution in [0.1, 0.15) is 12.1 Å². The Balaban J connectivity index is 1.78. The molecule has 1 saturated heterocycles. The van der Waals surface area contributed by atoms with Gasteiger partial charge >= 0.3 is 0 Å². The van der Waals surface area contributed by atoms with E-state index in [9.17, 15) is 4.79 Å². The zero-order valence-corrected chi connectivity index (χ0v) is 9.72. The fraction of sp³-hybridized carbons (Fsp3) is 0.545. The maximum Gasteiger partial charge on any atom is 0.237 e. The van der Waals surface area contributed by atoms with Crippen molar-refractivity contribution in [2.45, 2.75) is 25.1 Å². The molecular weight excluding hydrogens is 220 g/mol. The van der Waals surface area contributed by atoms with Crippen LogP contribution >= 0.6 is 0 Å². The van der Waals surface area contributed by atoms with E-state index in [0.29, 0.717) is 13.0 Å². The van der Waals surface area contributed by atoms with Crippen molar-refractivity contribution >= 4 is 5.91 Å². The Hall–Kier alpha value is -1.53. The van der Waals surface area contributed by atoms with E-state index in [1.807, 2.05) is 0 Å². The van der Waals surface area contributed by atoms with Crippen LogP contribution in [0.3, 0.4) is 0 Å². The van der Waals surface area contributed by atoms with Gasteiger partial charge in [0.15, 0.2) is 0 Å². The molecule has 1 aliphatic heterocycles. The highest BCUT2D eigenvalue weighted by Gasteiger charge is 2.28. The summed E-state index contributed by atoms with van der Waals surface area (Å²) in [5, 5.41) is 5.96. The van der Waals surface area contributed by atoms with Gasteiger partial charge < -0.3 is 15.4 Å². The summed E-state index contributed by atoms with van der Waals surface area (Å²) >= 11 is 0. The van der Waals surface area contributed by atoms with E-state index in [0.717, 1.165) is 12.2 Å². The van der Waals surface area contributed by atoms with Crippen LogP contribution in [0.15, 0.2) is 18.6 Å². The second-order valence-electron chi connectivity index (χ2n) is 3.97. The van der Waals surface area contributed by atoms with Gasteiger partial charge in [-0.15, -0.1) is 0 Å². The molecule has 1 aliphatic rings. The van der Waals surface area contributed by atoms with E-state index in [4.69, 9.17) is 4.74 Å². The Labute approximate surface area is 99.8 Å². The van der Waals surface area contributed by atoms with Crippen molar-refractivity contribution in [2.24, 2.45) is 0 Å². The molecule has 0 spiro atoms. The van der Waals surface area contributed by atoms with E-state index in [-0.39, 0.29) is 18.1 Å². The van der Waals surface area contributed by atoms with Crippen LogP contribution in [0.25, 0.3) is 0 Å². The highest BCUT2D eigenvalue weighted by molar-refractivity contribution is 5.82. The number of carbonyl (C=O) groups is 1. The summed E-state index contributed by atoms with van der Waals surface area (Å²) in [5.74, 6) is -0.0110. The standard InChI is InChI=1S/C11H16N4O2/c1-17-9-4-10(13-6-9)11(16)14-5-8-2-3-12-7-15-8/h2-3,7,9-10,13H,4-6H2,1H3,(H,14,16). The van der Waals surface area contributed by atoms with Crippen molar-refractivity contribution in [3.8, 4) is 0 Å². The Morgan fingerprint density at radius 2 is 2.59 bits per heavy atom. The molecule has 1 fully saturated rings. The zero-order chi connectivity index (χ0) is 12.1. The van der Waals surface area contributed by atoms with Crippen molar-refractivity contribution in [3.63, 3.8) is 0 Å². The third-order valence-electron chi connectivity index (χ3n) is 2.83. The van der Waals surface area contributed by atoms with Gasteiger partial charge in [0.05, 0.1) is 24.4 Å².